The van der Waals surface area contributed by atoms with E-state index in [-0.39, 0.29) is 6.04 Å². The lowest BCUT2D eigenvalue weighted by Gasteiger charge is -2.16. The minimum absolute atomic E-state index is 0.325. The third kappa shape index (κ3) is 3.34. The van der Waals surface area contributed by atoms with Gasteiger partial charge in [-0.05, 0) is 17.7 Å². The highest BCUT2D eigenvalue weighted by Gasteiger charge is 2.30. The van der Waals surface area contributed by atoms with Crippen LogP contribution in [-0.2, 0) is 19.6 Å². The summed E-state index contributed by atoms with van der Waals surface area (Å²) in [5.74, 6) is 5.46. The van der Waals surface area contributed by atoms with Crippen LogP contribution < -0.4 is 11.3 Å². The molecule has 0 saturated carbocycles. The molecule has 108 valence electrons. The molecule has 3 N–H and O–H groups in total. The van der Waals surface area contributed by atoms with Gasteiger partial charge in [0.05, 0.1) is 17.3 Å². The lowest BCUT2D eigenvalue weighted by molar-refractivity contribution is -0.137. The van der Waals surface area contributed by atoms with E-state index in [0.717, 1.165) is 12.1 Å². The Morgan fingerprint density at radius 3 is 2.40 bits per heavy atom. The topological polar surface area (TPSA) is 68.8 Å². The fourth-order valence-electron chi connectivity index (χ4n) is 1.88. The molecular formula is C12H14F3N5. The number of rotatable bonds is 4. The summed E-state index contributed by atoms with van der Waals surface area (Å²) in [5.41, 5.74) is 3.25. The van der Waals surface area contributed by atoms with Crippen LogP contribution in [0.3, 0.4) is 0 Å². The average molecular weight is 285 g/mol. The van der Waals surface area contributed by atoms with E-state index in [9.17, 15) is 13.2 Å². The van der Waals surface area contributed by atoms with Gasteiger partial charge in [-0.1, -0.05) is 17.3 Å². The summed E-state index contributed by atoms with van der Waals surface area (Å²) in [4.78, 5) is 0. The van der Waals surface area contributed by atoms with Crippen LogP contribution in [0.5, 0.6) is 0 Å². The van der Waals surface area contributed by atoms with Crippen molar-refractivity contribution >= 4 is 0 Å². The number of nitrogens with zero attached hydrogens (tertiary/aromatic N) is 3. The van der Waals surface area contributed by atoms with Crippen LogP contribution >= 0.6 is 0 Å². The molecule has 1 heterocycles. The highest BCUT2D eigenvalue weighted by Crippen LogP contribution is 2.30. The molecule has 0 saturated heterocycles. The first-order valence-corrected chi connectivity index (χ1v) is 5.88. The SMILES string of the molecule is Cn1cc(CC(NN)c2ccc(C(F)(F)F)cc2)nn1. The third-order valence-electron chi connectivity index (χ3n) is 2.90. The Bertz CT molecular complexity index is 561. The number of aryl methyl sites for hydroxylation is 1. The molecule has 1 aromatic heterocycles. The largest absolute Gasteiger partial charge is 0.416 e. The van der Waals surface area contributed by atoms with Gasteiger partial charge in [0.1, 0.15) is 0 Å². The van der Waals surface area contributed by atoms with Crippen molar-refractivity contribution in [3.8, 4) is 0 Å². The van der Waals surface area contributed by atoms with Gasteiger partial charge in [0.25, 0.3) is 0 Å². The van der Waals surface area contributed by atoms with E-state index in [1.54, 1.807) is 17.9 Å². The van der Waals surface area contributed by atoms with E-state index in [2.05, 4.69) is 15.7 Å². The van der Waals surface area contributed by atoms with E-state index < -0.39 is 11.7 Å². The van der Waals surface area contributed by atoms with Crippen LogP contribution in [0.4, 0.5) is 13.2 Å². The minimum Gasteiger partial charge on any atom is -0.271 e. The van der Waals surface area contributed by atoms with Crippen LogP contribution in [0.2, 0.25) is 0 Å². The lowest BCUT2D eigenvalue weighted by Crippen LogP contribution is -2.29. The molecule has 1 atom stereocenters. The molecule has 2 aromatic rings. The summed E-state index contributed by atoms with van der Waals surface area (Å²) in [6.45, 7) is 0. The molecule has 20 heavy (non-hydrogen) atoms. The molecule has 0 amide bonds. The third-order valence-corrected chi connectivity index (χ3v) is 2.90. The standard InChI is InChI=1S/C12H14F3N5/c1-20-7-10(18-19-20)6-11(17-16)8-2-4-9(5-3-8)12(13,14)15/h2-5,7,11,17H,6,16H2,1H3. The van der Waals surface area contributed by atoms with Gasteiger partial charge in [0, 0.05) is 19.7 Å². The molecule has 1 aromatic carbocycles. The molecule has 1 unspecified atom stereocenters. The van der Waals surface area contributed by atoms with Crippen LogP contribution in [0, 0.1) is 0 Å². The van der Waals surface area contributed by atoms with E-state index in [0.29, 0.717) is 17.7 Å². The molecule has 8 heteroatoms. The predicted molar refractivity (Wildman–Crippen MR) is 66.2 cm³/mol. The number of halogens is 3. The van der Waals surface area contributed by atoms with Crippen LogP contribution in [0.25, 0.3) is 0 Å². The van der Waals surface area contributed by atoms with Gasteiger partial charge in [-0.2, -0.15) is 13.2 Å². The van der Waals surface area contributed by atoms with Crippen molar-refractivity contribution in [3.05, 3.63) is 47.3 Å². The van der Waals surface area contributed by atoms with Crippen molar-refractivity contribution in [2.24, 2.45) is 12.9 Å². The molecule has 0 bridgehead atoms. The van der Waals surface area contributed by atoms with Crippen molar-refractivity contribution in [1.29, 1.82) is 0 Å². The second kappa shape index (κ2) is 5.59. The number of nitrogens with two attached hydrogens (primary N) is 1. The van der Waals surface area contributed by atoms with Crippen LogP contribution in [0.1, 0.15) is 22.9 Å². The first-order valence-electron chi connectivity index (χ1n) is 5.88. The molecule has 0 fully saturated rings. The van der Waals surface area contributed by atoms with E-state index in [1.165, 1.54) is 12.1 Å². The van der Waals surface area contributed by atoms with Gasteiger partial charge in [-0.25, -0.2) is 0 Å². The Labute approximate surface area is 113 Å². The highest BCUT2D eigenvalue weighted by molar-refractivity contribution is 5.27. The number of aromatic nitrogens is 3. The molecule has 2 rings (SSSR count). The quantitative estimate of drug-likeness (QED) is 0.661. The maximum Gasteiger partial charge on any atom is 0.416 e. The Kier molecular flexibility index (Phi) is 4.05. The van der Waals surface area contributed by atoms with Gasteiger partial charge in [0.2, 0.25) is 0 Å². The van der Waals surface area contributed by atoms with Crippen molar-refractivity contribution < 1.29 is 13.2 Å². The Hall–Kier alpha value is -1.93. The van der Waals surface area contributed by atoms with E-state index in [1.807, 2.05) is 0 Å². The van der Waals surface area contributed by atoms with Crippen molar-refractivity contribution in [2.45, 2.75) is 18.6 Å². The Balaban J connectivity index is 2.15. The maximum absolute atomic E-state index is 12.5. The van der Waals surface area contributed by atoms with Crippen LogP contribution in [-0.4, -0.2) is 15.0 Å². The number of hydrazine groups is 1. The predicted octanol–water partition coefficient (Wildman–Crippen LogP) is 1.58. The second-order valence-corrected chi connectivity index (χ2v) is 4.43. The molecule has 0 aliphatic heterocycles. The summed E-state index contributed by atoms with van der Waals surface area (Å²) >= 11 is 0. The minimum atomic E-state index is -4.34. The Morgan fingerprint density at radius 2 is 1.95 bits per heavy atom. The molecule has 5 nitrogen and oxygen atoms in total. The first kappa shape index (κ1) is 14.5. The van der Waals surface area contributed by atoms with Gasteiger partial charge >= 0.3 is 6.18 Å². The number of hydrogen-bond acceptors (Lipinski definition) is 4. The second-order valence-electron chi connectivity index (χ2n) is 4.43. The fourth-order valence-corrected chi connectivity index (χ4v) is 1.88. The maximum atomic E-state index is 12.5. The summed E-state index contributed by atoms with van der Waals surface area (Å²) in [7, 11) is 1.74. The normalized spacial score (nSPS) is 13.4. The molecule has 0 aliphatic rings. The summed E-state index contributed by atoms with van der Waals surface area (Å²) < 4.78 is 39.0. The average Bonchev–Trinajstić information content (AvgIpc) is 2.81. The zero-order chi connectivity index (χ0) is 14.8. The number of alkyl halides is 3. The highest BCUT2D eigenvalue weighted by atomic mass is 19.4. The van der Waals surface area contributed by atoms with Gasteiger partial charge in [-0.15, -0.1) is 5.10 Å². The zero-order valence-electron chi connectivity index (χ0n) is 10.7. The van der Waals surface area contributed by atoms with Crippen molar-refractivity contribution in [2.75, 3.05) is 0 Å². The van der Waals surface area contributed by atoms with Gasteiger partial charge < -0.3 is 0 Å². The zero-order valence-corrected chi connectivity index (χ0v) is 10.7. The monoisotopic (exact) mass is 285 g/mol. The summed E-state index contributed by atoms with van der Waals surface area (Å²) in [5, 5.41) is 7.72. The Morgan fingerprint density at radius 1 is 1.30 bits per heavy atom. The fraction of sp³-hybridized carbons (Fsp3) is 0.333. The number of benzene rings is 1. The number of hydrogen-bond donors (Lipinski definition) is 2. The van der Waals surface area contributed by atoms with Gasteiger partial charge in [0.15, 0.2) is 0 Å². The first-order chi connectivity index (χ1) is 9.40. The van der Waals surface area contributed by atoms with Gasteiger partial charge in [-0.3, -0.25) is 16.0 Å². The van der Waals surface area contributed by atoms with Crippen LogP contribution in [0.15, 0.2) is 30.5 Å². The lowest BCUT2D eigenvalue weighted by atomic mass is 10.0. The summed E-state index contributed by atoms with van der Waals surface area (Å²) in [6.07, 6.45) is -2.17. The van der Waals surface area contributed by atoms with Crippen molar-refractivity contribution in [3.63, 3.8) is 0 Å². The van der Waals surface area contributed by atoms with E-state index in [4.69, 9.17) is 5.84 Å². The smallest absolute Gasteiger partial charge is 0.271 e. The van der Waals surface area contributed by atoms with Crippen molar-refractivity contribution in [1.82, 2.24) is 20.4 Å². The number of nitrogens with one attached hydrogen (secondary N) is 1. The molecule has 0 aliphatic carbocycles. The molecule has 0 spiro atoms. The molecule has 0 radical (unpaired) electrons. The van der Waals surface area contributed by atoms with E-state index >= 15 is 0 Å². The molecular weight excluding hydrogens is 271 g/mol. The summed E-state index contributed by atoms with van der Waals surface area (Å²) in [6, 6.07) is 4.56.